The zero-order valence-electron chi connectivity index (χ0n) is 20.5. The highest BCUT2D eigenvalue weighted by molar-refractivity contribution is 8.13. The lowest BCUT2D eigenvalue weighted by molar-refractivity contribution is -0.111. The van der Waals surface area contributed by atoms with Crippen molar-refractivity contribution in [2.45, 2.75) is 92.4 Å². The summed E-state index contributed by atoms with van der Waals surface area (Å²) >= 11 is 1.27. The van der Waals surface area contributed by atoms with Gasteiger partial charge in [-0.25, -0.2) is 9.34 Å². The monoisotopic (exact) mass is 451 g/mol. The van der Waals surface area contributed by atoms with E-state index in [1.807, 2.05) is 19.0 Å². The van der Waals surface area contributed by atoms with Crippen molar-refractivity contribution in [1.29, 1.82) is 0 Å². The van der Waals surface area contributed by atoms with Crippen molar-refractivity contribution < 1.29 is 14.1 Å². The van der Waals surface area contributed by atoms with Crippen LogP contribution in [0.1, 0.15) is 68.2 Å². The van der Waals surface area contributed by atoms with E-state index in [1.165, 1.54) is 11.8 Å². The molecule has 0 aliphatic rings. The molecule has 0 saturated heterocycles. The van der Waals surface area contributed by atoms with Crippen LogP contribution in [0.5, 0.6) is 0 Å². The van der Waals surface area contributed by atoms with Gasteiger partial charge in [0, 0.05) is 43.7 Å². The van der Waals surface area contributed by atoms with Gasteiger partial charge in [-0.3, -0.25) is 4.79 Å². The van der Waals surface area contributed by atoms with Gasteiger partial charge in [-0.2, -0.15) is 0 Å². The molecule has 0 aromatic carbocycles. The van der Waals surface area contributed by atoms with Gasteiger partial charge >= 0.3 is 0 Å². The number of thioether (sulfide) groups is 1. The first-order valence-electron chi connectivity index (χ1n) is 10.9. The summed E-state index contributed by atoms with van der Waals surface area (Å²) in [5, 5.41) is 0.187. The van der Waals surface area contributed by atoms with Gasteiger partial charge in [-0.15, -0.1) is 0 Å². The number of hydrogen-bond acceptors (Lipinski definition) is 7. The van der Waals surface area contributed by atoms with Gasteiger partial charge < -0.3 is 14.2 Å². The first-order chi connectivity index (χ1) is 13.5. The molecule has 0 aromatic heterocycles. The first kappa shape index (κ1) is 29.2. The molecule has 0 fully saturated rings. The van der Waals surface area contributed by atoms with Crippen LogP contribution in [0.15, 0.2) is 0 Å². The summed E-state index contributed by atoms with van der Waals surface area (Å²) in [6, 6.07) is 1.67. The third kappa shape index (κ3) is 12.6. The van der Waals surface area contributed by atoms with E-state index < -0.39 is 8.45 Å². The lowest BCUT2D eigenvalue weighted by Gasteiger charge is -2.45. The third-order valence-electron chi connectivity index (χ3n) is 4.22. The van der Waals surface area contributed by atoms with Gasteiger partial charge in [0.25, 0.3) is 0 Å². The summed E-state index contributed by atoms with van der Waals surface area (Å²) in [5.41, 5.74) is 0. The Labute approximate surface area is 186 Å². The maximum Gasteiger partial charge on any atom is 0.192 e. The van der Waals surface area contributed by atoms with E-state index in [-0.39, 0.29) is 5.12 Å². The van der Waals surface area contributed by atoms with Crippen LogP contribution in [-0.4, -0.2) is 83.3 Å². The highest BCUT2D eigenvalue weighted by Gasteiger charge is 2.34. The minimum atomic E-state index is -0.844. The third-order valence-corrected chi connectivity index (χ3v) is 8.08. The molecule has 0 spiro atoms. The molecule has 29 heavy (non-hydrogen) atoms. The van der Waals surface area contributed by atoms with Crippen LogP contribution in [0.4, 0.5) is 0 Å². The van der Waals surface area contributed by atoms with Gasteiger partial charge in [0.15, 0.2) is 13.6 Å². The van der Waals surface area contributed by atoms with Gasteiger partial charge in [0.2, 0.25) is 0 Å². The second kappa shape index (κ2) is 16.0. The van der Waals surface area contributed by atoms with E-state index in [9.17, 15) is 4.79 Å². The molecule has 0 rings (SSSR count). The van der Waals surface area contributed by atoms with Crippen molar-refractivity contribution >= 4 is 25.3 Å². The van der Waals surface area contributed by atoms with Crippen molar-refractivity contribution in [3.63, 3.8) is 0 Å². The molecule has 0 unspecified atom stereocenters. The number of ether oxygens (including phenoxy) is 1. The fourth-order valence-electron chi connectivity index (χ4n) is 3.10. The fraction of sp³-hybridized carbons (Fsp3) is 0.952. The highest BCUT2D eigenvalue weighted by atomic mass is 32.2. The normalized spacial score (nSPS) is 12.9. The zero-order valence-corrected chi connectivity index (χ0v) is 22.2. The van der Waals surface area contributed by atoms with Gasteiger partial charge in [-0.1, -0.05) is 11.8 Å². The molecule has 0 atom stereocenters. The molecule has 0 aliphatic heterocycles. The van der Waals surface area contributed by atoms with E-state index >= 15 is 0 Å². The Balaban J connectivity index is 4.52. The van der Waals surface area contributed by atoms with Crippen LogP contribution in [-0.2, 0) is 14.1 Å². The van der Waals surface area contributed by atoms with Crippen LogP contribution in [0.2, 0.25) is 0 Å². The number of carbonyl (C=O) groups is 1. The lowest BCUT2D eigenvalue weighted by Crippen LogP contribution is -2.43. The average molecular weight is 452 g/mol. The molecule has 0 N–H and O–H groups in total. The summed E-state index contributed by atoms with van der Waals surface area (Å²) in [6.07, 6.45) is 1.40. The Morgan fingerprint density at radius 2 is 1.34 bits per heavy atom. The zero-order chi connectivity index (χ0) is 22.6. The first-order valence-corrected chi connectivity index (χ1v) is 13.0. The van der Waals surface area contributed by atoms with Crippen molar-refractivity contribution in [2.75, 3.05) is 39.8 Å². The molecular formula is C21H46N3O3PS. The van der Waals surface area contributed by atoms with E-state index in [0.717, 1.165) is 13.0 Å². The van der Waals surface area contributed by atoms with E-state index in [4.69, 9.17) is 9.26 Å². The molecule has 0 aliphatic carbocycles. The molecule has 0 amide bonds. The predicted molar refractivity (Wildman–Crippen MR) is 128 cm³/mol. The van der Waals surface area contributed by atoms with Crippen LogP contribution in [0.25, 0.3) is 0 Å². The average Bonchev–Trinajstić information content (AvgIpc) is 2.57. The van der Waals surface area contributed by atoms with Crippen LogP contribution in [0.3, 0.4) is 0 Å². The summed E-state index contributed by atoms with van der Waals surface area (Å²) < 4.78 is 17.1. The molecule has 0 radical (unpaired) electrons. The Morgan fingerprint density at radius 3 is 1.76 bits per heavy atom. The minimum absolute atomic E-state index is 0.187. The maximum absolute atomic E-state index is 11.8. The molecule has 0 heterocycles. The van der Waals surface area contributed by atoms with Gasteiger partial charge in [-0.05, 0) is 75.9 Å². The van der Waals surface area contributed by atoms with Gasteiger partial charge in [0.1, 0.15) is 0 Å². The van der Waals surface area contributed by atoms with Crippen LogP contribution < -0.4 is 0 Å². The van der Waals surface area contributed by atoms with Crippen molar-refractivity contribution in [3.8, 4) is 0 Å². The molecular weight excluding hydrogens is 405 g/mol. The number of carbonyl (C=O) groups excluding carboxylic acids is 1. The summed E-state index contributed by atoms with van der Waals surface area (Å²) in [6.45, 7) is 20.0. The Morgan fingerprint density at radius 1 is 0.862 bits per heavy atom. The molecule has 8 heteroatoms. The Bertz CT molecular complexity index is 401. The summed E-state index contributed by atoms with van der Waals surface area (Å²) in [4.78, 5) is 13.8. The van der Waals surface area contributed by atoms with E-state index in [0.29, 0.717) is 49.7 Å². The SMILES string of the molecule is CC(C)N(C(C)C)P(OCCCOCSC(=O)CCN(C)C)N(C(C)C)C(C)C. The van der Waals surface area contributed by atoms with Crippen LogP contribution >= 0.6 is 20.2 Å². The molecule has 0 aromatic rings. The van der Waals surface area contributed by atoms with Crippen LogP contribution in [0, 0.1) is 0 Å². The smallest absolute Gasteiger partial charge is 0.192 e. The topological polar surface area (TPSA) is 45.3 Å². The van der Waals surface area contributed by atoms with Crippen molar-refractivity contribution in [3.05, 3.63) is 0 Å². The van der Waals surface area contributed by atoms with Gasteiger partial charge in [0.05, 0.1) is 12.5 Å². The van der Waals surface area contributed by atoms with E-state index in [1.54, 1.807) is 0 Å². The maximum atomic E-state index is 11.8. The standard InChI is InChI=1S/C21H46N3O3PS/c1-17(2)23(18(3)4)28(24(19(5)6)20(7)8)27-15-11-14-26-16-29-21(25)12-13-22(9)10/h17-20H,11-16H2,1-10H3. The van der Waals surface area contributed by atoms with Crippen molar-refractivity contribution in [1.82, 2.24) is 14.2 Å². The molecule has 6 nitrogen and oxygen atoms in total. The lowest BCUT2D eigenvalue weighted by atomic mass is 10.3. The van der Waals surface area contributed by atoms with Crippen molar-refractivity contribution in [2.24, 2.45) is 0 Å². The number of rotatable bonds is 16. The predicted octanol–water partition coefficient (Wildman–Crippen LogP) is 5.04. The quantitative estimate of drug-likeness (QED) is 0.185. The second-order valence-corrected chi connectivity index (χ2v) is 11.3. The largest absolute Gasteiger partial charge is 0.370 e. The molecule has 0 saturated carbocycles. The van der Waals surface area contributed by atoms with E-state index in [2.05, 4.69) is 64.7 Å². The number of nitrogens with zero attached hydrogens (tertiary/aromatic N) is 3. The number of hydrogen-bond donors (Lipinski definition) is 0. The highest BCUT2D eigenvalue weighted by Crippen LogP contribution is 2.50. The minimum Gasteiger partial charge on any atom is -0.370 e. The molecule has 0 bridgehead atoms. The Hall–Kier alpha value is 0.250. The second-order valence-electron chi connectivity index (χ2n) is 8.67. The Kier molecular flexibility index (Phi) is 16.1. The fourth-order valence-corrected chi connectivity index (χ4v) is 6.04. The summed E-state index contributed by atoms with van der Waals surface area (Å²) in [7, 11) is 3.11. The molecule has 174 valence electrons. The summed E-state index contributed by atoms with van der Waals surface area (Å²) in [5.74, 6) is 0.426.